The summed E-state index contributed by atoms with van der Waals surface area (Å²) >= 11 is 0. The maximum absolute atomic E-state index is 12.9. The number of carbonyl (C=O) groups is 2. The van der Waals surface area contributed by atoms with E-state index in [-0.39, 0.29) is 12.0 Å². The van der Waals surface area contributed by atoms with Gasteiger partial charge in [-0.1, -0.05) is 18.0 Å². The summed E-state index contributed by atoms with van der Waals surface area (Å²) in [5.41, 5.74) is 2.79. The molecule has 3 aromatic heterocycles. The average molecular weight is 495 g/mol. The minimum Gasteiger partial charge on any atom is -0.481 e. The van der Waals surface area contributed by atoms with Gasteiger partial charge < -0.3 is 25.0 Å². The van der Waals surface area contributed by atoms with Crippen molar-refractivity contribution in [2.45, 2.75) is 59.5 Å². The highest BCUT2D eigenvalue weighted by Crippen LogP contribution is 2.34. The Morgan fingerprint density at radius 1 is 1.08 bits per heavy atom. The third kappa shape index (κ3) is 5.61. The lowest BCUT2D eigenvalue weighted by atomic mass is 9.78. The van der Waals surface area contributed by atoms with Crippen molar-refractivity contribution in [3.05, 3.63) is 35.9 Å². The van der Waals surface area contributed by atoms with Gasteiger partial charge in [0.05, 0.1) is 41.7 Å². The number of hydrogen-bond acceptors (Lipinski definition) is 9. The third-order valence-corrected chi connectivity index (χ3v) is 6.08. The number of rotatable bonds is 8. The number of aliphatic carboxylic acids is 1. The highest BCUT2D eigenvalue weighted by atomic mass is 16.5. The molecule has 1 fully saturated rings. The van der Waals surface area contributed by atoms with Crippen LogP contribution < -0.4 is 15.4 Å². The molecule has 1 amide bonds. The summed E-state index contributed by atoms with van der Waals surface area (Å²) in [4.78, 5) is 37.7. The van der Waals surface area contributed by atoms with Gasteiger partial charge in [-0.2, -0.15) is 4.98 Å². The first-order valence-corrected chi connectivity index (χ1v) is 12.0. The predicted octanol–water partition coefficient (Wildman–Crippen LogP) is 4.50. The van der Waals surface area contributed by atoms with Gasteiger partial charge >= 0.3 is 5.97 Å². The number of amides is 1. The number of carboxylic acids is 1. The molecule has 11 heteroatoms. The van der Waals surface area contributed by atoms with Crippen LogP contribution in [0.25, 0.3) is 11.5 Å². The summed E-state index contributed by atoms with van der Waals surface area (Å²) in [5.74, 6) is -1.18. The first-order chi connectivity index (χ1) is 17.2. The molecule has 11 nitrogen and oxygen atoms in total. The molecule has 190 valence electrons. The molecule has 3 heterocycles. The van der Waals surface area contributed by atoms with Crippen molar-refractivity contribution >= 4 is 29.1 Å². The van der Waals surface area contributed by atoms with Crippen LogP contribution in [0.4, 0.5) is 17.2 Å². The molecular formula is C25H30N6O5. The van der Waals surface area contributed by atoms with Crippen LogP contribution in [-0.2, 0) is 9.59 Å². The normalized spacial score (nSPS) is 17.6. The molecule has 1 aliphatic carbocycles. The fourth-order valence-corrected chi connectivity index (χ4v) is 4.31. The van der Waals surface area contributed by atoms with E-state index in [0.717, 1.165) is 12.8 Å². The average Bonchev–Trinajstić information content (AvgIpc) is 3.20. The Bertz CT molecular complexity index is 1260. The summed E-state index contributed by atoms with van der Waals surface area (Å²) in [7, 11) is 0. The van der Waals surface area contributed by atoms with Crippen molar-refractivity contribution < 1.29 is 24.0 Å². The Morgan fingerprint density at radius 3 is 2.53 bits per heavy atom. The molecule has 3 N–H and O–H groups in total. The number of nitrogens with one attached hydrogen (secondary N) is 2. The standard InChI is InChI=1S/C25H30N6O5/c1-13(2)35-21-12-26-11-20(29-21)30-22-15(4)31-36-23(22)19-10-9-18(14(3)27-19)28-24(32)16-7-5-6-8-17(16)25(33)34/h9-13,16-17H,5-8H2,1-4H3,(H,28,32)(H,29,30)(H,33,34)/t16-,17-/m0/s1. The smallest absolute Gasteiger partial charge is 0.307 e. The summed E-state index contributed by atoms with van der Waals surface area (Å²) in [5, 5.41) is 19.6. The monoisotopic (exact) mass is 494 g/mol. The molecule has 0 unspecified atom stereocenters. The number of pyridine rings is 1. The van der Waals surface area contributed by atoms with Gasteiger partial charge in [0, 0.05) is 0 Å². The van der Waals surface area contributed by atoms with Gasteiger partial charge in [-0.05, 0) is 52.7 Å². The number of ether oxygens (including phenoxy) is 1. The quantitative estimate of drug-likeness (QED) is 0.408. The van der Waals surface area contributed by atoms with Gasteiger partial charge in [0.15, 0.2) is 5.82 Å². The maximum atomic E-state index is 12.9. The molecule has 0 radical (unpaired) electrons. The molecule has 4 rings (SSSR count). The lowest BCUT2D eigenvalue weighted by Gasteiger charge is -2.27. The van der Waals surface area contributed by atoms with Crippen LogP contribution in [0.15, 0.2) is 29.0 Å². The molecular weight excluding hydrogens is 464 g/mol. The summed E-state index contributed by atoms with van der Waals surface area (Å²) in [6.07, 6.45) is 5.81. The van der Waals surface area contributed by atoms with Crippen LogP contribution >= 0.6 is 0 Å². The second-order valence-electron chi connectivity index (χ2n) is 9.16. The third-order valence-electron chi connectivity index (χ3n) is 6.08. The zero-order valence-electron chi connectivity index (χ0n) is 20.7. The van der Waals surface area contributed by atoms with Gasteiger partial charge in [0.1, 0.15) is 17.1 Å². The Labute approximate surface area is 208 Å². The molecule has 0 aliphatic heterocycles. The number of carboxylic acid groups (broad SMARTS) is 1. The molecule has 0 aromatic carbocycles. The summed E-state index contributed by atoms with van der Waals surface area (Å²) < 4.78 is 11.2. The van der Waals surface area contributed by atoms with Gasteiger partial charge in [0.25, 0.3) is 0 Å². The Kier molecular flexibility index (Phi) is 7.47. The number of hydrogen-bond donors (Lipinski definition) is 3. The van der Waals surface area contributed by atoms with E-state index in [2.05, 4.69) is 30.7 Å². The highest BCUT2D eigenvalue weighted by Gasteiger charge is 2.36. The van der Waals surface area contributed by atoms with Crippen LogP contribution in [0.3, 0.4) is 0 Å². The van der Waals surface area contributed by atoms with E-state index < -0.39 is 17.8 Å². The number of aryl methyl sites for hydroxylation is 2. The van der Waals surface area contributed by atoms with Gasteiger partial charge in [-0.15, -0.1) is 0 Å². The SMILES string of the molecule is Cc1nc(-c2onc(C)c2Nc2cncc(OC(C)C)n2)ccc1NC(=O)[C@H]1CCCC[C@@H]1C(=O)O. The topological polar surface area (TPSA) is 152 Å². The van der Waals surface area contributed by atoms with Crippen molar-refractivity contribution in [1.82, 2.24) is 20.1 Å². The van der Waals surface area contributed by atoms with E-state index >= 15 is 0 Å². The second-order valence-corrected chi connectivity index (χ2v) is 9.16. The van der Waals surface area contributed by atoms with E-state index in [9.17, 15) is 14.7 Å². The fraction of sp³-hybridized carbons (Fsp3) is 0.440. The number of carbonyl (C=O) groups excluding carboxylic acids is 1. The van der Waals surface area contributed by atoms with Crippen molar-refractivity contribution in [3.63, 3.8) is 0 Å². The van der Waals surface area contributed by atoms with Crippen LogP contribution in [0.1, 0.15) is 50.9 Å². The molecule has 2 atom stereocenters. The van der Waals surface area contributed by atoms with Crippen molar-refractivity contribution in [1.29, 1.82) is 0 Å². The highest BCUT2D eigenvalue weighted by molar-refractivity contribution is 5.95. The molecule has 0 saturated heterocycles. The predicted molar refractivity (Wildman–Crippen MR) is 132 cm³/mol. The van der Waals surface area contributed by atoms with E-state index in [1.807, 2.05) is 13.8 Å². The van der Waals surface area contributed by atoms with Gasteiger partial charge in [-0.3, -0.25) is 14.6 Å². The van der Waals surface area contributed by atoms with Crippen LogP contribution in [0, 0.1) is 25.7 Å². The molecule has 1 saturated carbocycles. The van der Waals surface area contributed by atoms with Crippen molar-refractivity contribution in [2.24, 2.45) is 11.8 Å². The molecule has 36 heavy (non-hydrogen) atoms. The lowest BCUT2D eigenvalue weighted by molar-refractivity contribution is -0.147. The fourth-order valence-electron chi connectivity index (χ4n) is 4.31. The number of aromatic nitrogens is 4. The second kappa shape index (κ2) is 10.7. The Hall–Kier alpha value is -4.02. The summed E-state index contributed by atoms with van der Waals surface area (Å²) in [6.45, 7) is 7.37. The van der Waals surface area contributed by atoms with Crippen LogP contribution in [0.2, 0.25) is 0 Å². The minimum absolute atomic E-state index is 0.0400. The Balaban J connectivity index is 1.53. The van der Waals surface area contributed by atoms with E-state index in [0.29, 0.717) is 58.8 Å². The van der Waals surface area contributed by atoms with Crippen molar-refractivity contribution in [2.75, 3.05) is 10.6 Å². The zero-order valence-corrected chi connectivity index (χ0v) is 20.7. The van der Waals surface area contributed by atoms with Crippen LogP contribution in [0.5, 0.6) is 5.88 Å². The van der Waals surface area contributed by atoms with Gasteiger partial charge in [-0.25, -0.2) is 4.98 Å². The van der Waals surface area contributed by atoms with E-state index in [1.54, 1.807) is 32.2 Å². The lowest BCUT2D eigenvalue weighted by Crippen LogP contribution is -2.36. The zero-order chi connectivity index (χ0) is 25.8. The molecule has 0 bridgehead atoms. The molecule has 0 spiro atoms. The van der Waals surface area contributed by atoms with E-state index in [1.165, 1.54) is 6.20 Å². The maximum Gasteiger partial charge on any atom is 0.307 e. The molecule has 3 aromatic rings. The first-order valence-electron chi connectivity index (χ1n) is 12.0. The van der Waals surface area contributed by atoms with Crippen molar-refractivity contribution in [3.8, 4) is 17.3 Å². The largest absolute Gasteiger partial charge is 0.481 e. The Morgan fingerprint density at radius 2 is 1.83 bits per heavy atom. The number of nitrogens with zero attached hydrogens (tertiary/aromatic N) is 4. The van der Waals surface area contributed by atoms with Crippen LogP contribution in [-0.4, -0.2) is 43.2 Å². The minimum atomic E-state index is -0.924. The molecule has 1 aliphatic rings. The number of anilines is 3. The van der Waals surface area contributed by atoms with Gasteiger partial charge in [0.2, 0.25) is 17.5 Å². The summed E-state index contributed by atoms with van der Waals surface area (Å²) in [6, 6.07) is 3.44. The van der Waals surface area contributed by atoms with E-state index in [4.69, 9.17) is 9.26 Å². The first kappa shape index (κ1) is 25.1.